The molecule has 0 fully saturated rings. The van der Waals surface area contributed by atoms with Crippen molar-refractivity contribution in [3.8, 4) is 11.5 Å². The molecule has 2 atom stereocenters. The number of H-pyrrole nitrogens is 4. The number of aromatic amines is 4. The fraction of sp³-hybridized carbons (Fsp3) is 0.279. The summed E-state index contributed by atoms with van der Waals surface area (Å²) in [4.78, 5) is 24.3. The number of hydrogen-bond donors (Lipinski definition) is 4. The number of aryl methyl sites for hydroxylation is 2. The number of halogens is 6. The van der Waals surface area contributed by atoms with Gasteiger partial charge in [0.25, 0.3) is 0 Å². The lowest BCUT2D eigenvalue weighted by Crippen LogP contribution is -2.23. The van der Waals surface area contributed by atoms with E-state index in [-0.39, 0.29) is 28.3 Å². The van der Waals surface area contributed by atoms with Crippen molar-refractivity contribution in [2.75, 3.05) is 7.11 Å². The average Bonchev–Trinajstić information content (AvgIpc) is 3.94. The minimum Gasteiger partial charge on any atom is -0.465 e. The highest BCUT2D eigenvalue weighted by Crippen LogP contribution is 2.46. The van der Waals surface area contributed by atoms with E-state index in [1.54, 1.807) is 24.3 Å². The molecule has 56 heavy (non-hydrogen) atoms. The summed E-state index contributed by atoms with van der Waals surface area (Å²) >= 11 is 0. The SMILES string of the molecule is COC(=O)c1ccc(C2c3ccc([nH]3)C(C(F)(F)F)c3ccc([nH]3)C(c3c(C)cc(C#C[Si](C)(C)C)cc3C)c3ccc([nH]3)C(C(F)(F)F)c3ccc2[nH]3)cc1. The first-order valence-corrected chi connectivity index (χ1v) is 21.5. The molecule has 0 saturated heterocycles. The highest BCUT2D eigenvalue weighted by molar-refractivity contribution is 6.83. The second kappa shape index (κ2) is 14.2. The quantitative estimate of drug-likeness (QED) is 0.0623. The van der Waals surface area contributed by atoms with Gasteiger partial charge in [-0.3, -0.25) is 0 Å². The Morgan fingerprint density at radius 3 is 1.34 bits per heavy atom. The Labute approximate surface area is 321 Å². The predicted molar refractivity (Wildman–Crippen MR) is 205 cm³/mol. The number of rotatable bonds is 3. The molecule has 0 saturated carbocycles. The van der Waals surface area contributed by atoms with Crippen molar-refractivity contribution in [1.82, 2.24) is 19.9 Å². The van der Waals surface area contributed by atoms with Crippen LogP contribution in [0, 0.1) is 25.3 Å². The van der Waals surface area contributed by atoms with Gasteiger partial charge in [0, 0.05) is 51.1 Å². The van der Waals surface area contributed by atoms with Gasteiger partial charge in [-0.2, -0.15) is 26.3 Å². The Kier molecular flexibility index (Phi) is 9.77. The first kappa shape index (κ1) is 38.7. The highest BCUT2D eigenvalue weighted by atomic mass is 28.3. The molecule has 5 heterocycles. The van der Waals surface area contributed by atoms with Gasteiger partial charge in [0.2, 0.25) is 0 Å². The molecule has 0 amide bonds. The minimum absolute atomic E-state index is 0.132. The standard InChI is InChI=1S/C43H40F6N4O2Si/c1-23-21-25(19-20-56(4,5)6)22-24(2)36(23)38-30-13-17-34(52-30)39(42(44,45)46)32-15-11-28(50-32)37(26-7-9-27(10-8-26)41(54)55-3)29-12-16-33(51-29)40(43(47,48)49)35-18-14-31(38)53-35/h7-18,21-22,37-40,50-53H,1-6H3. The molecule has 1 aliphatic heterocycles. The largest absolute Gasteiger partial charge is 0.465 e. The monoisotopic (exact) mass is 786 g/mol. The Hall–Kier alpha value is -5.61. The fourth-order valence-electron chi connectivity index (χ4n) is 7.80. The van der Waals surface area contributed by atoms with Crippen LogP contribution in [0.1, 0.15) is 107 Å². The van der Waals surface area contributed by atoms with Gasteiger partial charge in [0.1, 0.15) is 19.9 Å². The number of carbonyl (C=O) groups is 1. The fourth-order valence-corrected chi connectivity index (χ4v) is 8.32. The Morgan fingerprint density at radius 2 is 0.982 bits per heavy atom. The molecule has 6 aromatic rings. The Balaban J connectivity index is 1.45. The summed E-state index contributed by atoms with van der Waals surface area (Å²) in [6, 6.07) is 21.7. The summed E-state index contributed by atoms with van der Waals surface area (Å²) in [5, 5.41) is 0. The number of benzene rings is 2. The van der Waals surface area contributed by atoms with Crippen molar-refractivity contribution in [1.29, 1.82) is 0 Å². The minimum atomic E-state index is -4.73. The maximum atomic E-state index is 15.2. The number of fused-ring (bicyclic) bond motifs is 8. The van der Waals surface area contributed by atoms with E-state index in [1.165, 1.54) is 55.6 Å². The zero-order valence-corrected chi connectivity index (χ0v) is 32.5. The van der Waals surface area contributed by atoms with Gasteiger partial charge in [0.15, 0.2) is 0 Å². The normalized spacial score (nSPS) is 18.6. The number of carbonyl (C=O) groups excluding carboxylic acids is 1. The molecule has 0 spiro atoms. The van der Waals surface area contributed by atoms with Crippen LogP contribution >= 0.6 is 0 Å². The van der Waals surface area contributed by atoms with Crippen molar-refractivity contribution >= 4 is 14.0 Å². The number of aromatic nitrogens is 4. The first-order valence-electron chi connectivity index (χ1n) is 18.0. The first-order chi connectivity index (χ1) is 26.3. The van der Waals surface area contributed by atoms with E-state index in [9.17, 15) is 4.79 Å². The summed E-state index contributed by atoms with van der Waals surface area (Å²) in [7, 11) is -0.478. The molecular formula is C43H40F6N4O2Si. The zero-order valence-electron chi connectivity index (χ0n) is 31.5. The second-order valence-electron chi connectivity index (χ2n) is 15.4. The average molecular weight is 787 g/mol. The predicted octanol–water partition coefficient (Wildman–Crippen LogP) is 10.7. The number of methoxy groups -OCH3 is 1. The van der Waals surface area contributed by atoms with E-state index in [2.05, 4.69) is 51.0 Å². The number of ether oxygens (including phenoxy) is 1. The number of alkyl halides is 6. The molecule has 2 aromatic carbocycles. The van der Waals surface area contributed by atoms with Crippen molar-refractivity contribution in [2.45, 2.75) is 69.5 Å². The summed E-state index contributed by atoms with van der Waals surface area (Å²) in [6.07, 6.45) is -9.46. The molecule has 290 valence electrons. The molecule has 1 aliphatic rings. The molecule has 4 aromatic heterocycles. The van der Waals surface area contributed by atoms with Gasteiger partial charge < -0.3 is 24.7 Å². The van der Waals surface area contributed by atoms with Crippen molar-refractivity contribution in [3.05, 3.63) is 164 Å². The van der Waals surface area contributed by atoms with E-state index in [0.29, 0.717) is 28.3 Å². The van der Waals surface area contributed by atoms with Crippen LogP contribution in [-0.2, 0) is 4.74 Å². The molecule has 13 heteroatoms. The molecule has 6 nitrogen and oxygen atoms in total. The maximum Gasteiger partial charge on any atom is 0.402 e. The van der Waals surface area contributed by atoms with Crippen LogP contribution in [0.4, 0.5) is 26.3 Å². The van der Waals surface area contributed by atoms with Gasteiger partial charge in [-0.25, -0.2) is 4.79 Å². The molecule has 0 radical (unpaired) electrons. The third-order valence-corrected chi connectivity index (χ3v) is 11.1. The van der Waals surface area contributed by atoms with E-state index in [4.69, 9.17) is 4.74 Å². The lowest BCUT2D eigenvalue weighted by atomic mass is 9.85. The van der Waals surface area contributed by atoms with Crippen molar-refractivity contribution in [2.24, 2.45) is 0 Å². The van der Waals surface area contributed by atoms with Crippen LogP contribution in [-0.4, -0.2) is 53.4 Å². The number of esters is 1. The number of hydrogen-bond acceptors (Lipinski definition) is 2. The van der Waals surface area contributed by atoms with Crippen LogP contribution in [0.25, 0.3) is 0 Å². The number of nitrogens with one attached hydrogen (secondary N) is 4. The molecular weight excluding hydrogens is 747 g/mol. The lowest BCUT2D eigenvalue weighted by Gasteiger charge is -2.23. The third-order valence-electron chi connectivity index (χ3n) is 10.2. The van der Waals surface area contributed by atoms with E-state index < -0.39 is 50.1 Å². The van der Waals surface area contributed by atoms with Gasteiger partial charge in [0.05, 0.1) is 24.5 Å². The van der Waals surface area contributed by atoms with Crippen LogP contribution in [0.15, 0.2) is 84.9 Å². The molecule has 4 N–H and O–H groups in total. The van der Waals surface area contributed by atoms with Gasteiger partial charge >= 0.3 is 18.3 Å². The molecule has 7 rings (SSSR count). The molecule has 2 unspecified atom stereocenters. The van der Waals surface area contributed by atoms with E-state index in [0.717, 1.165) is 22.3 Å². The molecule has 0 aliphatic carbocycles. The summed E-state index contributed by atoms with van der Waals surface area (Å²) in [5.74, 6) is -3.13. The maximum absolute atomic E-state index is 15.2. The highest BCUT2D eigenvalue weighted by Gasteiger charge is 2.46. The lowest BCUT2D eigenvalue weighted by molar-refractivity contribution is -0.143. The molecule has 8 bridgehead atoms. The Bertz CT molecular complexity index is 2340. The third kappa shape index (κ3) is 7.50. The smallest absolute Gasteiger partial charge is 0.402 e. The van der Waals surface area contributed by atoms with E-state index in [1.807, 2.05) is 26.0 Å². The topological polar surface area (TPSA) is 89.5 Å². The van der Waals surface area contributed by atoms with Crippen molar-refractivity contribution < 1.29 is 35.9 Å². The van der Waals surface area contributed by atoms with Gasteiger partial charge in [-0.05, 0) is 109 Å². The van der Waals surface area contributed by atoms with Crippen LogP contribution in [0.3, 0.4) is 0 Å². The van der Waals surface area contributed by atoms with E-state index >= 15 is 26.3 Å². The van der Waals surface area contributed by atoms with Crippen molar-refractivity contribution in [3.63, 3.8) is 0 Å². The summed E-state index contributed by atoms with van der Waals surface area (Å²) in [5.41, 5.74) is 8.03. The summed E-state index contributed by atoms with van der Waals surface area (Å²) < 4.78 is 95.9. The van der Waals surface area contributed by atoms with Crippen LogP contribution in [0.5, 0.6) is 0 Å². The Morgan fingerprint density at radius 1 is 0.607 bits per heavy atom. The van der Waals surface area contributed by atoms with Gasteiger partial charge in [-0.15, -0.1) is 5.54 Å². The summed E-state index contributed by atoms with van der Waals surface area (Å²) in [6.45, 7) is 10.2. The van der Waals surface area contributed by atoms with Crippen LogP contribution in [0.2, 0.25) is 19.6 Å². The second-order valence-corrected chi connectivity index (χ2v) is 20.2. The van der Waals surface area contributed by atoms with Crippen LogP contribution < -0.4 is 0 Å². The zero-order chi connectivity index (χ0) is 40.3. The van der Waals surface area contributed by atoms with Gasteiger partial charge in [-0.1, -0.05) is 37.7 Å².